The highest BCUT2D eigenvalue weighted by Crippen LogP contribution is 2.46. The van der Waals surface area contributed by atoms with Crippen molar-refractivity contribution in [1.82, 2.24) is 5.32 Å². The standard InChI is InChI=1S/C16H33N/c1-5-7-8-15-9-11-16(12-10-15,13-17-4)14(3)6-2/h14-15,17H,5-13H2,1-4H3. The van der Waals surface area contributed by atoms with Crippen molar-refractivity contribution in [2.45, 2.75) is 72.1 Å². The third-order valence-electron chi connectivity index (χ3n) is 5.25. The van der Waals surface area contributed by atoms with E-state index in [9.17, 15) is 0 Å². The van der Waals surface area contributed by atoms with Gasteiger partial charge in [0.05, 0.1) is 0 Å². The minimum Gasteiger partial charge on any atom is -0.319 e. The summed E-state index contributed by atoms with van der Waals surface area (Å²) in [5, 5.41) is 3.45. The average molecular weight is 239 g/mol. The Morgan fingerprint density at radius 1 is 1.24 bits per heavy atom. The highest BCUT2D eigenvalue weighted by molar-refractivity contribution is 4.90. The molecule has 1 aliphatic rings. The third kappa shape index (κ3) is 3.98. The van der Waals surface area contributed by atoms with Crippen LogP contribution in [-0.2, 0) is 0 Å². The Kier molecular flexibility index (Phi) is 6.54. The Bertz CT molecular complexity index is 192. The Morgan fingerprint density at radius 3 is 2.35 bits per heavy atom. The molecular formula is C16H33N. The van der Waals surface area contributed by atoms with Crippen LogP contribution in [0.4, 0.5) is 0 Å². The summed E-state index contributed by atoms with van der Waals surface area (Å²) in [5.41, 5.74) is 0.603. The van der Waals surface area contributed by atoms with Crippen molar-refractivity contribution < 1.29 is 0 Å². The highest BCUT2D eigenvalue weighted by Gasteiger charge is 2.38. The van der Waals surface area contributed by atoms with E-state index in [2.05, 4.69) is 33.1 Å². The van der Waals surface area contributed by atoms with Gasteiger partial charge in [-0.1, -0.05) is 46.5 Å². The van der Waals surface area contributed by atoms with Crippen LogP contribution in [0.25, 0.3) is 0 Å². The predicted octanol–water partition coefficient (Wildman–Crippen LogP) is 4.62. The van der Waals surface area contributed by atoms with E-state index in [1.165, 1.54) is 57.9 Å². The monoisotopic (exact) mass is 239 g/mol. The van der Waals surface area contributed by atoms with Crippen molar-refractivity contribution in [2.24, 2.45) is 17.3 Å². The summed E-state index contributed by atoms with van der Waals surface area (Å²) in [4.78, 5) is 0. The zero-order valence-corrected chi connectivity index (χ0v) is 12.5. The van der Waals surface area contributed by atoms with E-state index >= 15 is 0 Å². The van der Waals surface area contributed by atoms with Gasteiger partial charge in [0, 0.05) is 6.54 Å². The molecule has 1 unspecified atom stereocenters. The van der Waals surface area contributed by atoms with Crippen LogP contribution in [0.5, 0.6) is 0 Å². The Labute approximate surface area is 109 Å². The lowest BCUT2D eigenvalue weighted by atomic mass is 9.63. The van der Waals surface area contributed by atoms with Crippen molar-refractivity contribution >= 4 is 0 Å². The van der Waals surface area contributed by atoms with Crippen LogP contribution in [0.15, 0.2) is 0 Å². The van der Waals surface area contributed by atoms with Gasteiger partial charge in [0.1, 0.15) is 0 Å². The van der Waals surface area contributed by atoms with Gasteiger partial charge in [-0.15, -0.1) is 0 Å². The maximum atomic E-state index is 3.45. The molecule has 0 aliphatic heterocycles. The number of unbranched alkanes of at least 4 members (excludes halogenated alkanes) is 1. The summed E-state index contributed by atoms with van der Waals surface area (Å²) in [6.07, 6.45) is 11.5. The molecule has 0 aromatic rings. The number of hydrogen-bond acceptors (Lipinski definition) is 1. The lowest BCUT2D eigenvalue weighted by molar-refractivity contribution is 0.0769. The summed E-state index contributed by atoms with van der Waals surface area (Å²) >= 11 is 0. The fraction of sp³-hybridized carbons (Fsp3) is 1.00. The van der Waals surface area contributed by atoms with Gasteiger partial charge < -0.3 is 5.32 Å². The second-order valence-electron chi connectivity index (χ2n) is 6.29. The van der Waals surface area contributed by atoms with Crippen LogP contribution in [0.3, 0.4) is 0 Å². The van der Waals surface area contributed by atoms with Crippen molar-refractivity contribution in [3.05, 3.63) is 0 Å². The molecular weight excluding hydrogens is 206 g/mol. The maximum Gasteiger partial charge on any atom is 0.000736 e. The van der Waals surface area contributed by atoms with Gasteiger partial charge in [-0.3, -0.25) is 0 Å². The number of hydrogen-bond donors (Lipinski definition) is 1. The van der Waals surface area contributed by atoms with Crippen LogP contribution in [0.2, 0.25) is 0 Å². The molecule has 102 valence electrons. The van der Waals surface area contributed by atoms with E-state index in [4.69, 9.17) is 0 Å². The fourth-order valence-corrected chi connectivity index (χ4v) is 3.66. The quantitative estimate of drug-likeness (QED) is 0.683. The van der Waals surface area contributed by atoms with Crippen LogP contribution in [0.1, 0.15) is 72.1 Å². The molecule has 1 nitrogen and oxygen atoms in total. The predicted molar refractivity (Wildman–Crippen MR) is 77.3 cm³/mol. The summed E-state index contributed by atoms with van der Waals surface area (Å²) in [6.45, 7) is 8.35. The van der Waals surface area contributed by atoms with Gasteiger partial charge in [-0.05, 0) is 50.0 Å². The average Bonchev–Trinajstić information content (AvgIpc) is 2.37. The molecule has 1 fully saturated rings. The number of nitrogens with one attached hydrogen (secondary N) is 1. The summed E-state index contributed by atoms with van der Waals surface area (Å²) in [7, 11) is 2.12. The summed E-state index contributed by atoms with van der Waals surface area (Å²) in [6, 6.07) is 0. The molecule has 1 N–H and O–H groups in total. The van der Waals surface area contributed by atoms with Crippen molar-refractivity contribution in [2.75, 3.05) is 13.6 Å². The molecule has 0 bridgehead atoms. The van der Waals surface area contributed by atoms with Gasteiger partial charge in [-0.25, -0.2) is 0 Å². The third-order valence-corrected chi connectivity index (χ3v) is 5.25. The van der Waals surface area contributed by atoms with E-state index in [1.54, 1.807) is 0 Å². The van der Waals surface area contributed by atoms with Crippen LogP contribution >= 0.6 is 0 Å². The first-order valence-electron chi connectivity index (χ1n) is 7.83. The van der Waals surface area contributed by atoms with Gasteiger partial charge in [0.2, 0.25) is 0 Å². The Hall–Kier alpha value is -0.0400. The normalized spacial score (nSPS) is 31.4. The molecule has 0 heterocycles. The highest BCUT2D eigenvalue weighted by atomic mass is 14.8. The molecule has 1 rings (SSSR count). The van der Waals surface area contributed by atoms with Gasteiger partial charge in [0.25, 0.3) is 0 Å². The van der Waals surface area contributed by atoms with E-state index in [-0.39, 0.29) is 0 Å². The molecule has 0 aromatic heterocycles. The van der Waals surface area contributed by atoms with E-state index < -0.39 is 0 Å². The maximum absolute atomic E-state index is 3.45. The van der Waals surface area contributed by atoms with Crippen LogP contribution in [0, 0.1) is 17.3 Å². The molecule has 0 spiro atoms. The molecule has 0 aromatic carbocycles. The molecule has 0 saturated heterocycles. The molecule has 1 saturated carbocycles. The minimum absolute atomic E-state index is 0.603. The second kappa shape index (κ2) is 7.41. The van der Waals surface area contributed by atoms with E-state index in [1.807, 2.05) is 0 Å². The first-order chi connectivity index (χ1) is 8.18. The van der Waals surface area contributed by atoms with Crippen molar-refractivity contribution in [3.8, 4) is 0 Å². The molecule has 0 radical (unpaired) electrons. The molecule has 17 heavy (non-hydrogen) atoms. The molecule has 1 aliphatic carbocycles. The van der Waals surface area contributed by atoms with Crippen LogP contribution < -0.4 is 5.32 Å². The summed E-state index contributed by atoms with van der Waals surface area (Å²) < 4.78 is 0. The number of rotatable bonds is 7. The van der Waals surface area contributed by atoms with Crippen molar-refractivity contribution in [1.29, 1.82) is 0 Å². The molecule has 1 atom stereocenters. The SMILES string of the molecule is CCCCC1CCC(CNC)(C(C)CC)CC1. The zero-order valence-electron chi connectivity index (χ0n) is 12.5. The van der Waals surface area contributed by atoms with Gasteiger partial charge in [0.15, 0.2) is 0 Å². The Balaban J connectivity index is 2.49. The molecule has 1 heteroatoms. The smallest absolute Gasteiger partial charge is 0.000736 e. The zero-order chi connectivity index (χ0) is 12.7. The summed E-state index contributed by atoms with van der Waals surface area (Å²) in [5.74, 6) is 1.91. The largest absolute Gasteiger partial charge is 0.319 e. The van der Waals surface area contributed by atoms with E-state index in [0.717, 1.165) is 11.8 Å². The van der Waals surface area contributed by atoms with E-state index in [0.29, 0.717) is 5.41 Å². The first kappa shape index (κ1) is 15.0. The van der Waals surface area contributed by atoms with Gasteiger partial charge in [-0.2, -0.15) is 0 Å². The fourth-order valence-electron chi connectivity index (χ4n) is 3.66. The first-order valence-corrected chi connectivity index (χ1v) is 7.83. The van der Waals surface area contributed by atoms with Gasteiger partial charge >= 0.3 is 0 Å². The lowest BCUT2D eigenvalue weighted by Gasteiger charge is -2.44. The topological polar surface area (TPSA) is 12.0 Å². The second-order valence-corrected chi connectivity index (χ2v) is 6.29. The van der Waals surface area contributed by atoms with Crippen molar-refractivity contribution in [3.63, 3.8) is 0 Å². The Morgan fingerprint density at radius 2 is 1.88 bits per heavy atom. The lowest BCUT2D eigenvalue weighted by Crippen LogP contribution is -2.41. The molecule has 0 amide bonds. The van der Waals surface area contributed by atoms with Crippen LogP contribution in [-0.4, -0.2) is 13.6 Å². The minimum atomic E-state index is 0.603.